The van der Waals surface area contributed by atoms with Crippen molar-refractivity contribution >= 4 is 5.91 Å². The van der Waals surface area contributed by atoms with E-state index in [0.29, 0.717) is 17.9 Å². The Morgan fingerprint density at radius 1 is 1.12 bits per heavy atom. The van der Waals surface area contributed by atoms with Crippen LogP contribution in [0.15, 0.2) is 48.5 Å². The summed E-state index contributed by atoms with van der Waals surface area (Å²) in [4.78, 5) is 14.3. The quantitative estimate of drug-likeness (QED) is 0.844. The molecule has 0 aliphatic heterocycles. The Balaban J connectivity index is 1.83. The molecule has 25 heavy (non-hydrogen) atoms. The molecule has 2 rings (SSSR count). The van der Waals surface area contributed by atoms with Crippen LogP contribution in [0.3, 0.4) is 0 Å². The topological polar surface area (TPSA) is 65.4 Å². The van der Waals surface area contributed by atoms with Gasteiger partial charge in [0, 0.05) is 13.1 Å². The molecule has 0 radical (unpaired) electrons. The molecule has 2 aromatic rings. The van der Waals surface area contributed by atoms with Crippen LogP contribution in [0.4, 0.5) is 0 Å². The van der Waals surface area contributed by atoms with Crippen LogP contribution in [0.1, 0.15) is 23.6 Å². The van der Waals surface area contributed by atoms with Crippen molar-refractivity contribution in [1.29, 1.82) is 5.26 Å². The van der Waals surface area contributed by atoms with Crippen molar-refractivity contribution in [2.24, 2.45) is 0 Å². The van der Waals surface area contributed by atoms with Gasteiger partial charge in [0.15, 0.2) is 6.10 Å². The molecule has 0 aromatic heterocycles. The predicted molar refractivity (Wildman–Crippen MR) is 96.9 cm³/mol. The van der Waals surface area contributed by atoms with Crippen molar-refractivity contribution in [3.05, 3.63) is 65.2 Å². The second-order valence-electron chi connectivity index (χ2n) is 6.17. The number of nitriles is 1. The van der Waals surface area contributed by atoms with Gasteiger partial charge in [-0.15, -0.1) is 0 Å². The molecule has 1 N–H and O–H groups in total. The first kappa shape index (κ1) is 18.5. The van der Waals surface area contributed by atoms with E-state index < -0.39 is 6.10 Å². The highest BCUT2D eigenvalue weighted by molar-refractivity contribution is 5.80. The van der Waals surface area contributed by atoms with E-state index in [0.717, 1.165) is 12.1 Å². The molecule has 5 heteroatoms. The fourth-order valence-corrected chi connectivity index (χ4v) is 2.33. The third-order valence-electron chi connectivity index (χ3n) is 3.65. The average molecular weight is 337 g/mol. The smallest absolute Gasteiger partial charge is 0.261 e. The molecule has 130 valence electrons. The van der Waals surface area contributed by atoms with E-state index in [-0.39, 0.29) is 5.91 Å². The molecule has 2 aromatic carbocycles. The first-order valence-corrected chi connectivity index (χ1v) is 8.15. The highest BCUT2D eigenvalue weighted by Gasteiger charge is 2.14. The zero-order valence-corrected chi connectivity index (χ0v) is 14.8. The number of carbonyl (C=O) groups excluding carboxylic acids is 1. The summed E-state index contributed by atoms with van der Waals surface area (Å²) in [5, 5.41) is 11.7. The molecule has 0 saturated heterocycles. The molecule has 0 bridgehead atoms. The Hall–Kier alpha value is -2.84. The van der Waals surface area contributed by atoms with Crippen molar-refractivity contribution in [3.8, 4) is 11.8 Å². The molecule has 1 unspecified atom stereocenters. The summed E-state index contributed by atoms with van der Waals surface area (Å²) in [7, 11) is 4.06. The third kappa shape index (κ3) is 5.94. The molecule has 0 fully saturated rings. The monoisotopic (exact) mass is 337 g/mol. The lowest BCUT2D eigenvalue weighted by molar-refractivity contribution is -0.127. The highest BCUT2D eigenvalue weighted by atomic mass is 16.5. The van der Waals surface area contributed by atoms with Gasteiger partial charge < -0.3 is 15.0 Å². The van der Waals surface area contributed by atoms with Crippen molar-refractivity contribution in [1.82, 2.24) is 10.2 Å². The van der Waals surface area contributed by atoms with Crippen LogP contribution < -0.4 is 10.1 Å². The van der Waals surface area contributed by atoms with Crippen LogP contribution >= 0.6 is 0 Å². The van der Waals surface area contributed by atoms with Crippen molar-refractivity contribution in [3.63, 3.8) is 0 Å². The number of nitrogens with one attached hydrogen (secondary N) is 1. The summed E-state index contributed by atoms with van der Waals surface area (Å²) in [5.41, 5.74) is 2.83. The third-order valence-corrected chi connectivity index (χ3v) is 3.65. The molecule has 1 atom stereocenters. The fraction of sp³-hybridized carbons (Fsp3) is 0.300. The van der Waals surface area contributed by atoms with Gasteiger partial charge >= 0.3 is 0 Å². The second kappa shape index (κ2) is 8.86. The lowest BCUT2D eigenvalue weighted by Crippen LogP contribution is -2.35. The number of hydrogen-bond donors (Lipinski definition) is 1. The molecule has 1 amide bonds. The fourth-order valence-electron chi connectivity index (χ4n) is 2.33. The first-order valence-electron chi connectivity index (χ1n) is 8.15. The SMILES string of the molecule is CC(Oc1ccc(C#N)cc1)C(=O)NCc1ccc(CN(C)C)cc1. The minimum atomic E-state index is -0.610. The van der Waals surface area contributed by atoms with E-state index in [4.69, 9.17) is 10.00 Å². The number of nitrogens with zero attached hydrogens (tertiary/aromatic N) is 2. The molecular weight excluding hydrogens is 314 g/mol. The average Bonchev–Trinajstić information content (AvgIpc) is 2.61. The van der Waals surface area contributed by atoms with Crippen LogP contribution in [-0.2, 0) is 17.9 Å². The normalized spacial score (nSPS) is 11.6. The summed E-state index contributed by atoms with van der Waals surface area (Å²) in [6.45, 7) is 3.05. The molecule has 0 aliphatic rings. The van der Waals surface area contributed by atoms with Gasteiger partial charge in [-0.1, -0.05) is 24.3 Å². The summed E-state index contributed by atoms with van der Waals surface area (Å²) < 4.78 is 5.60. The Bertz CT molecular complexity index is 731. The lowest BCUT2D eigenvalue weighted by Gasteiger charge is -2.15. The zero-order chi connectivity index (χ0) is 18.2. The van der Waals surface area contributed by atoms with Crippen LogP contribution in [0.5, 0.6) is 5.75 Å². The lowest BCUT2D eigenvalue weighted by atomic mass is 10.1. The van der Waals surface area contributed by atoms with Gasteiger partial charge in [-0.05, 0) is 56.4 Å². The number of benzene rings is 2. The van der Waals surface area contributed by atoms with E-state index in [1.54, 1.807) is 31.2 Å². The van der Waals surface area contributed by atoms with Crippen molar-refractivity contribution in [2.45, 2.75) is 26.1 Å². The van der Waals surface area contributed by atoms with Crippen LogP contribution in [0, 0.1) is 11.3 Å². The van der Waals surface area contributed by atoms with Gasteiger partial charge in [0.25, 0.3) is 5.91 Å². The van der Waals surface area contributed by atoms with E-state index in [1.165, 1.54) is 5.56 Å². The van der Waals surface area contributed by atoms with Crippen LogP contribution in [0.25, 0.3) is 0 Å². The maximum atomic E-state index is 12.2. The number of rotatable bonds is 7. The second-order valence-corrected chi connectivity index (χ2v) is 6.17. The summed E-state index contributed by atoms with van der Waals surface area (Å²) in [5.74, 6) is 0.386. The Morgan fingerprint density at radius 2 is 1.72 bits per heavy atom. The van der Waals surface area contributed by atoms with Gasteiger partial charge in [-0.25, -0.2) is 0 Å². The zero-order valence-electron chi connectivity index (χ0n) is 14.8. The Kier molecular flexibility index (Phi) is 6.55. The maximum absolute atomic E-state index is 12.2. The molecule has 0 aliphatic carbocycles. The van der Waals surface area contributed by atoms with E-state index in [9.17, 15) is 4.79 Å². The Labute approximate surface area is 148 Å². The van der Waals surface area contributed by atoms with E-state index in [2.05, 4.69) is 22.3 Å². The number of amides is 1. The highest BCUT2D eigenvalue weighted by Crippen LogP contribution is 2.13. The minimum Gasteiger partial charge on any atom is -0.481 e. The number of ether oxygens (including phenoxy) is 1. The van der Waals surface area contributed by atoms with Crippen LogP contribution in [-0.4, -0.2) is 31.0 Å². The van der Waals surface area contributed by atoms with Crippen molar-refractivity contribution in [2.75, 3.05) is 14.1 Å². The van der Waals surface area contributed by atoms with E-state index >= 15 is 0 Å². The first-order chi connectivity index (χ1) is 12.0. The summed E-state index contributed by atoms with van der Waals surface area (Å²) in [6.07, 6.45) is -0.610. The largest absolute Gasteiger partial charge is 0.481 e. The molecule has 0 spiro atoms. The van der Waals surface area contributed by atoms with Gasteiger partial charge in [0.05, 0.1) is 11.6 Å². The summed E-state index contributed by atoms with van der Waals surface area (Å²) >= 11 is 0. The Morgan fingerprint density at radius 3 is 2.28 bits per heavy atom. The van der Waals surface area contributed by atoms with Crippen LogP contribution in [0.2, 0.25) is 0 Å². The van der Waals surface area contributed by atoms with Gasteiger partial charge in [-0.2, -0.15) is 5.26 Å². The number of hydrogen-bond acceptors (Lipinski definition) is 4. The maximum Gasteiger partial charge on any atom is 0.261 e. The summed E-state index contributed by atoms with van der Waals surface area (Å²) in [6, 6.07) is 16.9. The standard InChI is InChI=1S/C20H23N3O2/c1-15(25-19-10-8-16(12-21)9-11-19)20(24)22-13-17-4-6-18(7-5-17)14-23(2)3/h4-11,15H,13-14H2,1-3H3,(H,22,24). The van der Waals surface area contributed by atoms with Gasteiger partial charge in [0.2, 0.25) is 0 Å². The minimum absolute atomic E-state index is 0.179. The molecule has 5 nitrogen and oxygen atoms in total. The van der Waals surface area contributed by atoms with E-state index in [1.807, 2.05) is 32.3 Å². The van der Waals surface area contributed by atoms with Gasteiger partial charge in [-0.3, -0.25) is 4.79 Å². The molecule has 0 saturated carbocycles. The predicted octanol–water partition coefficient (Wildman–Crippen LogP) is 2.70. The van der Waals surface area contributed by atoms with Gasteiger partial charge in [0.1, 0.15) is 5.75 Å². The number of carbonyl (C=O) groups is 1. The molecule has 0 heterocycles. The van der Waals surface area contributed by atoms with Crippen molar-refractivity contribution < 1.29 is 9.53 Å². The molecular formula is C20H23N3O2.